The second kappa shape index (κ2) is 4.92. The summed E-state index contributed by atoms with van der Waals surface area (Å²) in [7, 11) is 0. The van der Waals surface area contributed by atoms with Crippen LogP contribution >= 0.6 is 0 Å². The fraction of sp³-hybridized carbons (Fsp3) is 0.444. The lowest BCUT2D eigenvalue weighted by atomic mass is 9.86. The van der Waals surface area contributed by atoms with Crippen LogP contribution in [0.1, 0.15) is 51.0 Å². The quantitative estimate of drug-likeness (QED) is 0.830. The van der Waals surface area contributed by atoms with Crippen molar-refractivity contribution in [1.29, 1.82) is 0 Å². The van der Waals surface area contributed by atoms with Gasteiger partial charge in [0.25, 0.3) is 6.29 Å². The predicted octanol–water partition coefficient (Wildman–Crippen LogP) is 4.16. The number of aliphatic hydroxyl groups is 1. The molecule has 0 aromatic heterocycles. The maximum atomic E-state index is 11.1. The molecular weight excluding hydrogens is 264 g/mol. The minimum absolute atomic E-state index is 0.0847. The van der Waals surface area contributed by atoms with Crippen LogP contribution in [0.2, 0.25) is 0 Å². The number of allylic oxidation sites excluding steroid dienone is 1. The lowest BCUT2D eigenvalue weighted by Gasteiger charge is -2.26. The second-order valence-corrected chi connectivity index (χ2v) is 6.81. The van der Waals surface area contributed by atoms with Gasteiger partial charge in [-0.05, 0) is 29.9 Å². The summed E-state index contributed by atoms with van der Waals surface area (Å²) in [5, 5.41) is 11.1. The molecule has 1 aromatic rings. The van der Waals surface area contributed by atoms with Gasteiger partial charge in [0.05, 0.1) is 0 Å². The summed E-state index contributed by atoms with van der Waals surface area (Å²) in [6.07, 6.45) is 6.26. The normalized spacial score (nSPS) is 25.6. The van der Waals surface area contributed by atoms with Crippen LogP contribution < -0.4 is 0 Å². The molecule has 0 bridgehead atoms. The van der Waals surface area contributed by atoms with Crippen molar-refractivity contribution < 1.29 is 14.6 Å². The van der Waals surface area contributed by atoms with Crippen molar-refractivity contribution in [3.05, 3.63) is 59.6 Å². The van der Waals surface area contributed by atoms with Crippen LogP contribution in [0.25, 0.3) is 0 Å². The van der Waals surface area contributed by atoms with Gasteiger partial charge < -0.3 is 14.6 Å². The topological polar surface area (TPSA) is 38.7 Å². The Morgan fingerprint density at radius 3 is 2.43 bits per heavy atom. The Balaban J connectivity index is 1.99. The van der Waals surface area contributed by atoms with Crippen LogP contribution in [-0.4, -0.2) is 5.11 Å². The van der Waals surface area contributed by atoms with Crippen molar-refractivity contribution in [2.75, 3.05) is 0 Å². The first-order chi connectivity index (χ1) is 9.90. The Morgan fingerprint density at radius 2 is 1.81 bits per heavy atom. The zero-order chi connectivity index (χ0) is 15.1. The van der Waals surface area contributed by atoms with E-state index in [1.807, 2.05) is 30.3 Å². The van der Waals surface area contributed by atoms with Crippen molar-refractivity contribution in [2.45, 2.75) is 45.5 Å². The van der Waals surface area contributed by atoms with Gasteiger partial charge in [-0.25, -0.2) is 0 Å². The third kappa shape index (κ3) is 2.58. The first kappa shape index (κ1) is 14.2. The van der Waals surface area contributed by atoms with Gasteiger partial charge in [-0.3, -0.25) is 0 Å². The van der Waals surface area contributed by atoms with Gasteiger partial charge in [-0.1, -0.05) is 50.6 Å². The van der Waals surface area contributed by atoms with Crippen LogP contribution in [0.5, 0.6) is 0 Å². The molecule has 0 amide bonds. The highest BCUT2D eigenvalue weighted by molar-refractivity contribution is 5.40. The third-order valence-electron chi connectivity index (χ3n) is 4.29. The van der Waals surface area contributed by atoms with E-state index in [2.05, 4.69) is 20.8 Å². The molecule has 0 saturated heterocycles. The highest BCUT2D eigenvalue weighted by atomic mass is 16.7. The molecule has 1 unspecified atom stereocenters. The zero-order valence-corrected chi connectivity index (χ0v) is 12.8. The Morgan fingerprint density at radius 1 is 1.14 bits per heavy atom. The van der Waals surface area contributed by atoms with Gasteiger partial charge in [0.1, 0.15) is 18.1 Å². The molecule has 3 rings (SSSR count). The molecule has 1 N–H and O–H groups in total. The van der Waals surface area contributed by atoms with Gasteiger partial charge in [0, 0.05) is 5.56 Å². The fourth-order valence-electron chi connectivity index (χ4n) is 3.04. The van der Waals surface area contributed by atoms with Gasteiger partial charge in [0.15, 0.2) is 0 Å². The van der Waals surface area contributed by atoms with Crippen LogP contribution in [-0.2, 0) is 15.1 Å². The highest BCUT2D eigenvalue weighted by Gasteiger charge is 2.38. The first-order valence-corrected chi connectivity index (χ1v) is 7.40. The summed E-state index contributed by atoms with van der Waals surface area (Å²) in [4.78, 5) is 0. The van der Waals surface area contributed by atoms with Crippen molar-refractivity contribution in [3.8, 4) is 0 Å². The monoisotopic (exact) mass is 286 g/mol. The number of rotatable bonds is 2. The van der Waals surface area contributed by atoms with Crippen LogP contribution in [0.15, 0.2) is 48.4 Å². The third-order valence-corrected chi connectivity index (χ3v) is 4.29. The summed E-state index contributed by atoms with van der Waals surface area (Å²) in [5.41, 5.74) is 2.20. The maximum absolute atomic E-state index is 11.1. The molecule has 1 aliphatic heterocycles. The standard InChI is InChI=1S/C18H22O3/c1-17(2,3)13-8-9-18(19,12-13)15-7-5-4-6-14(15)16-20-10-11-21-16/h4-7,10-12,16,19H,8-9H2,1-3H3. The summed E-state index contributed by atoms with van der Waals surface area (Å²) in [5.74, 6) is 0. The number of hydrogen-bond donors (Lipinski definition) is 1. The smallest absolute Gasteiger partial charge is 0.266 e. The Kier molecular flexibility index (Phi) is 3.33. The van der Waals surface area contributed by atoms with E-state index in [9.17, 15) is 5.11 Å². The van der Waals surface area contributed by atoms with E-state index in [4.69, 9.17) is 9.47 Å². The number of ether oxygens (including phenoxy) is 2. The van der Waals surface area contributed by atoms with E-state index < -0.39 is 11.9 Å². The van der Waals surface area contributed by atoms with E-state index in [1.54, 1.807) is 0 Å². The summed E-state index contributed by atoms with van der Waals surface area (Å²) < 4.78 is 10.9. The average molecular weight is 286 g/mol. The van der Waals surface area contributed by atoms with Crippen molar-refractivity contribution in [2.24, 2.45) is 5.41 Å². The molecule has 112 valence electrons. The number of benzene rings is 1. The molecule has 3 nitrogen and oxygen atoms in total. The van der Waals surface area contributed by atoms with Crippen LogP contribution in [0, 0.1) is 5.41 Å². The van der Waals surface area contributed by atoms with E-state index in [-0.39, 0.29) is 5.41 Å². The fourth-order valence-corrected chi connectivity index (χ4v) is 3.04. The molecule has 1 atom stereocenters. The van der Waals surface area contributed by atoms with Gasteiger partial charge in [-0.2, -0.15) is 0 Å². The summed E-state index contributed by atoms with van der Waals surface area (Å²) in [6.45, 7) is 6.55. The molecule has 1 aliphatic carbocycles. The van der Waals surface area contributed by atoms with Crippen LogP contribution in [0.4, 0.5) is 0 Å². The molecule has 1 aromatic carbocycles. The number of hydrogen-bond acceptors (Lipinski definition) is 3. The maximum Gasteiger partial charge on any atom is 0.266 e. The lowest BCUT2D eigenvalue weighted by Crippen LogP contribution is -2.23. The molecular formula is C18H22O3. The van der Waals surface area contributed by atoms with E-state index >= 15 is 0 Å². The molecule has 0 radical (unpaired) electrons. The van der Waals surface area contributed by atoms with Crippen LogP contribution in [0.3, 0.4) is 0 Å². The Bertz CT molecular complexity index is 587. The van der Waals surface area contributed by atoms with Gasteiger partial charge in [0.2, 0.25) is 0 Å². The summed E-state index contributed by atoms with van der Waals surface area (Å²) >= 11 is 0. The first-order valence-electron chi connectivity index (χ1n) is 7.40. The van der Waals surface area contributed by atoms with Gasteiger partial charge in [-0.15, -0.1) is 0 Å². The minimum atomic E-state index is -0.936. The average Bonchev–Trinajstić information content (AvgIpc) is 3.08. The van der Waals surface area contributed by atoms with Crippen molar-refractivity contribution in [3.63, 3.8) is 0 Å². The van der Waals surface area contributed by atoms with Crippen molar-refractivity contribution >= 4 is 0 Å². The second-order valence-electron chi connectivity index (χ2n) is 6.81. The molecule has 3 heteroatoms. The molecule has 0 saturated carbocycles. The van der Waals surface area contributed by atoms with E-state index in [0.717, 1.165) is 17.5 Å². The largest absolute Gasteiger partial charge is 0.455 e. The van der Waals surface area contributed by atoms with E-state index in [0.29, 0.717) is 6.42 Å². The Labute approximate surface area is 125 Å². The predicted molar refractivity (Wildman–Crippen MR) is 81.2 cm³/mol. The molecule has 0 fully saturated rings. The molecule has 1 heterocycles. The SMILES string of the molecule is CC(C)(C)C1=CC(O)(c2ccccc2C2OC=CO2)CC1. The van der Waals surface area contributed by atoms with Gasteiger partial charge >= 0.3 is 0 Å². The molecule has 0 spiro atoms. The lowest BCUT2D eigenvalue weighted by molar-refractivity contribution is -0.0288. The highest BCUT2D eigenvalue weighted by Crippen LogP contribution is 2.45. The minimum Gasteiger partial charge on any atom is -0.455 e. The molecule has 21 heavy (non-hydrogen) atoms. The van der Waals surface area contributed by atoms with E-state index in [1.165, 1.54) is 18.1 Å². The summed E-state index contributed by atoms with van der Waals surface area (Å²) in [6, 6.07) is 7.80. The molecule has 2 aliphatic rings. The Hall–Kier alpha value is -1.74. The zero-order valence-electron chi connectivity index (χ0n) is 12.8. The van der Waals surface area contributed by atoms with Crippen molar-refractivity contribution in [1.82, 2.24) is 0 Å².